The molecule has 1 aromatic carbocycles. The molecule has 0 aliphatic heterocycles. The highest BCUT2D eigenvalue weighted by molar-refractivity contribution is 7.13. The van der Waals surface area contributed by atoms with Gasteiger partial charge in [-0.3, -0.25) is 0 Å². The van der Waals surface area contributed by atoms with E-state index in [-0.39, 0.29) is 5.82 Å². The first-order valence-electron chi connectivity index (χ1n) is 7.19. The van der Waals surface area contributed by atoms with Gasteiger partial charge in [-0.1, -0.05) is 25.5 Å². The van der Waals surface area contributed by atoms with Gasteiger partial charge < -0.3 is 5.32 Å². The third-order valence-corrected chi connectivity index (χ3v) is 5.16. The van der Waals surface area contributed by atoms with E-state index in [4.69, 9.17) is 0 Å². The van der Waals surface area contributed by atoms with Gasteiger partial charge in [-0.15, -0.1) is 11.3 Å². The summed E-state index contributed by atoms with van der Waals surface area (Å²) in [6.07, 6.45) is 4.00. The predicted molar refractivity (Wildman–Crippen MR) is 83.4 cm³/mol. The molecule has 3 heteroatoms. The van der Waals surface area contributed by atoms with Gasteiger partial charge >= 0.3 is 0 Å². The molecule has 20 heavy (non-hydrogen) atoms. The van der Waals surface area contributed by atoms with Gasteiger partial charge in [0.05, 0.1) is 0 Å². The zero-order valence-corrected chi connectivity index (χ0v) is 12.6. The molecule has 1 aliphatic carbocycles. The summed E-state index contributed by atoms with van der Waals surface area (Å²) < 4.78 is 13.9. The van der Waals surface area contributed by atoms with E-state index >= 15 is 0 Å². The van der Waals surface area contributed by atoms with Crippen molar-refractivity contribution in [3.8, 4) is 10.4 Å². The van der Waals surface area contributed by atoms with Crippen molar-refractivity contribution in [1.82, 2.24) is 5.32 Å². The standard InChI is InChI=1S/C17H20FNS/c1-17(7-3-8-17)12-19-11-13-5-6-15(18)14(10-13)16-4-2-9-20-16/h2,4-6,9-10,19H,3,7-8,11-12H2,1H3. The van der Waals surface area contributed by atoms with Crippen LogP contribution in [0.25, 0.3) is 10.4 Å². The van der Waals surface area contributed by atoms with E-state index in [1.54, 1.807) is 17.4 Å². The Labute approximate surface area is 123 Å². The first kappa shape index (κ1) is 13.8. The number of halogens is 1. The Kier molecular flexibility index (Phi) is 3.90. The lowest BCUT2D eigenvalue weighted by Gasteiger charge is -2.38. The van der Waals surface area contributed by atoms with E-state index in [9.17, 15) is 4.39 Å². The van der Waals surface area contributed by atoms with Crippen molar-refractivity contribution in [1.29, 1.82) is 0 Å². The minimum atomic E-state index is -0.137. The zero-order chi connectivity index (χ0) is 14.0. The minimum Gasteiger partial charge on any atom is -0.312 e. The van der Waals surface area contributed by atoms with Crippen LogP contribution in [0.1, 0.15) is 31.7 Å². The van der Waals surface area contributed by atoms with Crippen molar-refractivity contribution in [3.05, 3.63) is 47.1 Å². The zero-order valence-electron chi connectivity index (χ0n) is 11.8. The van der Waals surface area contributed by atoms with E-state index in [1.807, 2.05) is 29.6 Å². The molecule has 0 bridgehead atoms. The topological polar surface area (TPSA) is 12.0 Å². The second-order valence-corrected chi connectivity index (χ2v) is 7.01. The Hall–Kier alpha value is -1.19. The molecule has 1 fully saturated rings. The van der Waals surface area contributed by atoms with Gasteiger partial charge in [0.15, 0.2) is 0 Å². The van der Waals surface area contributed by atoms with Gasteiger partial charge in [-0.25, -0.2) is 4.39 Å². The molecule has 1 nitrogen and oxygen atoms in total. The summed E-state index contributed by atoms with van der Waals surface area (Å²) >= 11 is 1.58. The van der Waals surface area contributed by atoms with E-state index < -0.39 is 0 Å². The Morgan fingerprint density at radius 2 is 2.15 bits per heavy atom. The molecule has 0 saturated heterocycles. The number of nitrogens with one attached hydrogen (secondary N) is 1. The van der Waals surface area contributed by atoms with Crippen LogP contribution in [0.2, 0.25) is 0 Å². The molecule has 2 aromatic rings. The maximum atomic E-state index is 13.9. The highest BCUT2D eigenvalue weighted by Crippen LogP contribution is 2.39. The fourth-order valence-corrected chi connectivity index (χ4v) is 3.51. The molecule has 1 aromatic heterocycles. The normalized spacial score (nSPS) is 16.9. The summed E-state index contributed by atoms with van der Waals surface area (Å²) in [4.78, 5) is 0.996. The number of thiophene rings is 1. The third kappa shape index (κ3) is 2.94. The number of benzene rings is 1. The molecule has 1 saturated carbocycles. The van der Waals surface area contributed by atoms with Gasteiger partial charge in [0.1, 0.15) is 5.82 Å². The fourth-order valence-electron chi connectivity index (χ4n) is 2.77. The van der Waals surface area contributed by atoms with Gasteiger partial charge in [-0.2, -0.15) is 0 Å². The fraction of sp³-hybridized carbons (Fsp3) is 0.412. The average Bonchev–Trinajstić information content (AvgIpc) is 2.92. The van der Waals surface area contributed by atoms with Crippen LogP contribution in [-0.2, 0) is 6.54 Å². The summed E-state index contributed by atoms with van der Waals surface area (Å²) in [6.45, 7) is 4.21. The van der Waals surface area contributed by atoms with Crippen molar-refractivity contribution in [2.45, 2.75) is 32.7 Å². The molecule has 0 amide bonds. The van der Waals surface area contributed by atoms with E-state index in [0.717, 1.165) is 23.5 Å². The number of rotatable bonds is 5. The van der Waals surface area contributed by atoms with Crippen LogP contribution in [0.4, 0.5) is 4.39 Å². The molecule has 1 aliphatic rings. The Morgan fingerprint density at radius 1 is 1.30 bits per heavy atom. The molecule has 0 spiro atoms. The van der Waals surface area contributed by atoms with Crippen molar-refractivity contribution in [3.63, 3.8) is 0 Å². The van der Waals surface area contributed by atoms with Gasteiger partial charge in [0.25, 0.3) is 0 Å². The van der Waals surface area contributed by atoms with E-state index in [1.165, 1.54) is 19.3 Å². The smallest absolute Gasteiger partial charge is 0.131 e. The average molecular weight is 289 g/mol. The molecule has 3 rings (SSSR count). The Balaban J connectivity index is 1.66. The van der Waals surface area contributed by atoms with Crippen LogP contribution in [0.3, 0.4) is 0 Å². The summed E-state index contributed by atoms with van der Waals surface area (Å²) in [5.74, 6) is -0.137. The molecule has 0 atom stereocenters. The SMILES string of the molecule is CC1(CNCc2ccc(F)c(-c3cccs3)c2)CCC1. The van der Waals surface area contributed by atoms with Crippen LogP contribution in [0, 0.1) is 11.2 Å². The summed E-state index contributed by atoms with van der Waals surface area (Å²) in [5, 5.41) is 5.50. The molecular weight excluding hydrogens is 269 g/mol. The molecule has 106 valence electrons. The van der Waals surface area contributed by atoms with Crippen molar-refractivity contribution >= 4 is 11.3 Å². The second kappa shape index (κ2) is 5.66. The van der Waals surface area contributed by atoms with Crippen molar-refractivity contribution in [2.24, 2.45) is 5.41 Å². The van der Waals surface area contributed by atoms with Gasteiger partial charge in [0, 0.05) is 23.5 Å². The quantitative estimate of drug-likeness (QED) is 0.831. The highest BCUT2D eigenvalue weighted by atomic mass is 32.1. The Bertz CT molecular complexity index is 573. The van der Waals surface area contributed by atoms with Crippen LogP contribution in [0.15, 0.2) is 35.7 Å². The first-order chi connectivity index (χ1) is 9.66. The maximum absolute atomic E-state index is 13.9. The number of hydrogen-bond donors (Lipinski definition) is 1. The molecule has 0 unspecified atom stereocenters. The summed E-state index contributed by atoms with van der Waals surface area (Å²) in [7, 11) is 0. The second-order valence-electron chi connectivity index (χ2n) is 6.06. The highest BCUT2D eigenvalue weighted by Gasteiger charge is 2.30. The monoisotopic (exact) mass is 289 g/mol. The molecule has 0 radical (unpaired) electrons. The molecule has 1 heterocycles. The van der Waals surface area contributed by atoms with Gasteiger partial charge in [-0.05, 0) is 47.4 Å². The van der Waals surface area contributed by atoms with Crippen LogP contribution >= 0.6 is 11.3 Å². The predicted octanol–water partition coefficient (Wildman–Crippen LogP) is 4.83. The lowest BCUT2D eigenvalue weighted by Crippen LogP contribution is -2.36. The summed E-state index contributed by atoms with van der Waals surface area (Å²) in [5.41, 5.74) is 2.35. The first-order valence-corrected chi connectivity index (χ1v) is 8.07. The van der Waals surface area contributed by atoms with Crippen molar-refractivity contribution < 1.29 is 4.39 Å². The van der Waals surface area contributed by atoms with Gasteiger partial charge in [0.2, 0.25) is 0 Å². The van der Waals surface area contributed by atoms with Crippen LogP contribution in [0.5, 0.6) is 0 Å². The lowest BCUT2D eigenvalue weighted by molar-refractivity contribution is 0.156. The molecular formula is C17H20FNS. The Morgan fingerprint density at radius 3 is 2.80 bits per heavy atom. The summed E-state index contributed by atoms with van der Waals surface area (Å²) in [6, 6.07) is 9.36. The van der Waals surface area contributed by atoms with E-state index in [0.29, 0.717) is 11.0 Å². The third-order valence-electron chi connectivity index (χ3n) is 4.26. The van der Waals surface area contributed by atoms with E-state index in [2.05, 4.69) is 12.2 Å². The van der Waals surface area contributed by atoms with Crippen LogP contribution in [-0.4, -0.2) is 6.54 Å². The lowest BCUT2D eigenvalue weighted by atomic mass is 9.70. The largest absolute Gasteiger partial charge is 0.312 e. The van der Waals surface area contributed by atoms with Crippen LogP contribution < -0.4 is 5.32 Å². The number of hydrogen-bond acceptors (Lipinski definition) is 2. The maximum Gasteiger partial charge on any atom is 0.131 e. The minimum absolute atomic E-state index is 0.137. The van der Waals surface area contributed by atoms with Crippen molar-refractivity contribution in [2.75, 3.05) is 6.54 Å². The molecule has 1 N–H and O–H groups in total.